The standard InChI is InChI=1S/C23H29ClN4O3/c1-2-14-11-16(15-3-4-15)12-28-21(24)20(25-22(14)28)23(31)26-9-10-27(19(30)13-26)17-5-7-18(29)8-6-17/h11-12,15,17-18,29H,2-10,13H2,1H3. The van der Waals surface area contributed by atoms with Crippen LogP contribution in [0.4, 0.5) is 0 Å². The quantitative estimate of drug-likeness (QED) is 0.786. The number of halogens is 1. The first kappa shape index (κ1) is 20.8. The molecule has 8 heteroatoms. The van der Waals surface area contributed by atoms with E-state index in [4.69, 9.17) is 11.6 Å². The largest absolute Gasteiger partial charge is 0.393 e. The second-order valence-corrected chi connectivity index (χ2v) is 9.51. The molecule has 0 unspecified atom stereocenters. The Morgan fingerprint density at radius 3 is 2.58 bits per heavy atom. The number of pyridine rings is 1. The Morgan fingerprint density at radius 2 is 1.94 bits per heavy atom. The van der Waals surface area contributed by atoms with E-state index < -0.39 is 0 Å². The molecule has 2 aromatic rings. The van der Waals surface area contributed by atoms with E-state index in [0.29, 0.717) is 24.2 Å². The highest BCUT2D eigenvalue weighted by Gasteiger charge is 2.35. The molecule has 0 atom stereocenters. The first-order chi connectivity index (χ1) is 15.0. The summed E-state index contributed by atoms with van der Waals surface area (Å²) in [4.78, 5) is 34.1. The lowest BCUT2D eigenvalue weighted by atomic mass is 9.91. The maximum atomic E-state index is 13.3. The van der Waals surface area contributed by atoms with Crippen molar-refractivity contribution in [2.45, 2.75) is 69.9 Å². The Morgan fingerprint density at radius 1 is 1.19 bits per heavy atom. The summed E-state index contributed by atoms with van der Waals surface area (Å²) >= 11 is 6.63. The van der Waals surface area contributed by atoms with Gasteiger partial charge in [0.1, 0.15) is 17.3 Å². The van der Waals surface area contributed by atoms with E-state index in [2.05, 4.69) is 18.0 Å². The Hall–Kier alpha value is -2.12. The highest BCUT2D eigenvalue weighted by molar-refractivity contribution is 6.33. The van der Waals surface area contributed by atoms with Crippen LogP contribution in [-0.2, 0) is 11.2 Å². The van der Waals surface area contributed by atoms with Gasteiger partial charge in [-0.1, -0.05) is 24.6 Å². The predicted octanol–water partition coefficient (Wildman–Crippen LogP) is 3.02. The first-order valence-electron chi connectivity index (χ1n) is 11.4. The Bertz CT molecular complexity index is 1020. The zero-order chi connectivity index (χ0) is 21.7. The third-order valence-corrected chi connectivity index (χ3v) is 7.40. The normalized spacial score (nSPS) is 24.8. The van der Waals surface area contributed by atoms with Gasteiger partial charge in [-0.05, 0) is 62.0 Å². The number of nitrogens with zero attached hydrogens (tertiary/aromatic N) is 4. The van der Waals surface area contributed by atoms with Crippen LogP contribution in [-0.4, -0.2) is 67.9 Å². The number of carbonyl (C=O) groups excluding carboxylic acids is 2. The second-order valence-electron chi connectivity index (χ2n) is 9.15. The van der Waals surface area contributed by atoms with Crippen LogP contribution in [0.3, 0.4) is 0 Å². The second kappa shape index (κ2) is 8.10. The Balaban J connectivity index is 1.36. The maximum absolute atomic E-state index is 13.3. The molecule has 1 saturated heterocycles. The molecule has 3 heterocycles. The molecule has 2 saturated carbocycles. The van der Waals surface area contributed by atoms with Crippen LogP contribution in [0.5, 0.6) is 0 Å². The number of rotatable bonds is 4. The van der Waals surface area contributed by atoms with Gasteiger partial charge in [-0.3, -0.25) is 14.0 Å². The fourth-order valence-corrected chi connectivity index (χ4v) is 5.26. The molecule has 2 amide bonds. The minimum atomic E-state index is -0.282. The Kier molecular flexibility index (Phi) is 5.42. The molecule has 0 bridgehead atoms. The molecule has 3 fully saturated rings. The minimum absolute atomic E-state index is 0.0360. The molecule has 0 spiro atoms. The molecule has 0 radical (unpaired) electrons. The zero-order valence-corrected chi connectivity index (χ0v) is 18.6. The number of piperazine rings is 1. The molecule has 3 aliphatic rings. The summed E-state index contributed by atoms with van der Waals surface area (Å²) in [6, 6.07) is 2.36. The molecule has 2 aromatic heterocycles. The molecule has 0 aromatic carbocycles. The van der Waals surface area contributed by atoms with Crippen LogP contribution >= 0.6 is 11.6 Å². The fraction of sp³-hybridized carbons (Fsp3) is 0.609. The third-order valence-electron chi connectivity index (χ3n) is 7.04. The highest BCUT2D eigenvalue weighted by Crippen LogP contribution is 2.41. The number of aliphatic hydroxyl groups is 1. The summed E-state index contributed by atoms with van der Waals surface area (Å²) in [5.41, 5.74) is 3.30. The van der Waals surface area contributed by atoms with Crippen molar-refractivity contribution in [3.8, 4) is 0 Å². The number of aryl methyl sites for hydroxylation is 1. The molecule has 31 heavy (non-hydrogen) atoms. The molecule has 1 N–H and O–H groups in total. The first-order valence-corrected chi connectivity index (χ1v) is 11.8. The lowest BCUT2D eigenvalue weighted by Gasteiger charge is -2.41. The molecule has 166 valence electrons. The van der Waals surface area contributed by atoms with E-state index in [1.165, 1.54) is 18.4 Å². The van der Waals surface area contributed by atoms with Gasteiger partial charge in [0.25, 0.3) is 5.91 Å². The molecule has 7 nitrogen and oxygen atoms in total. The predicted molar refractivity (Wildman–Crippen MR) is 117 cm³/mol. The topological polar surface area (TPSA) is 78.1 Å². The van der Waals surface area contributed by atoms with E-state index in [1.54, 1.807) is 4.90 Å². The molecule has 1 aliphatic heterocycles. The maximum Gasteiger partial charge on any atom is 0.276 e. The van der Waals surface area contributed by atoms with Gasteiger partial charge in [-0.25, -0.2) is 4.98 Å². The van der Waals surface area contributed by atoms with Crippen LogP contribution < -0.4 is 0 Å². The molecule has 5 rings (SSSR count). The fourth-order valence-electron chi connectivity index (χ4n) is 5.01. The highest BCUT2D eigenvalue weighted by atomic mass is 35.5. The van der Waals surface area contributed by atoms with Crippen molar-refractivity contribution >= 4 is 29.1 Å². The van der Waals surface area contributed by atoms with Crippen LogP contribution in [0.15, 0.2) is 12.3 Å². The number of aliphatic hydroxyl groups excluding tert-OH is 1. The third kappa shape index (κ3) is 3.82. The number of amides is 2. The van der Waals surface area contributed by atoms with Crippen molar-refractivity contribution in [1.29, 1.82) is 0 Å². The van der Waals surface area contributed by atoms with E-state index in [0.717, 1.165) is 43.3 Å². The lowest BCUT2D eigenvalue weighted by Crippen LogP contribution is -2.56. The van der Waals surface area contributed by atoms with Crippen molar-refractivity contribution in [2.75, 3.05) is 19.6 Å². The summed E-state index contributed by atoms with van der Waals surface area (Å²) in [7, 11) is 0. The molecular weight excluding hydrogens is 416 g/mol. The summed E-state index contributed by atoms with van der Waals surface area (Å²) in [5, 5.41) is 10.1. The van der Waals surface area contributed by atoms with Crippen LogP contribution in [0.25, 0.3) is 5.65 Å². The van der Waals surface area contributed by atoms with Gasteiger partial charge in [-0.2, -0.15) is 0 Å². The van der Waals surface area contributed by atoms with Gasteiger partial charge in [0.05, 0.1) is 6.10 Å². The van der Waals surface area contributed by atoms with Crippen molar-refractivity contribution < 1.29 is 14.7 Å². The van der Waals surface area contributed by atoms with Gasteiger partial charge in [0, 0.05) is 25.3 Å². The zero-order valence-electron chi connectivity index (χ0n) is 17.9. The van der Waals surface area contributed by atoms with E-state index in [1.807, 2.05) is 15.5 Å². The number of carbonyl (C=O) groups is 2. The van der Waals surface area contributed by atoms with Gasteiger partial charge >= 0.3 is 0 Å². The van der Waals surface area contributed by atoms with Crippen molar-refractivity contribution in [2.24, 2.45) is 0 Å². The molecular formula is C23H29ClN4O3. The molecule has 2 aliphatic carbocycles. The van der Waals surface area contributed by atoms with Crippen molar-refractivity contribution in [3.05, 3.63) is 34.2 Å². The number of aromatic nitrogens is 2. The van der Waals surface area contributed by atoms with Gasteiger partial charge in [-0.15, -0.1) is 0 Å². The number of imidazole rings is 1. The monoisotopic (exact) mass is 444 g/mol. The van der Waals surface area contributed by atoms with E-state index in [-0.39, 0.29) is 36.2 Å². The van der Waals surface area contributed by atoms with Crippen LogP contribution in [0, 0.1) is 0 Å². The van der Waals surface area contributed by atoms with Crippen LogP contribution in [0.1, 0.15) is 73.0 Å². The van der Waals surface area contributed by atoms with Crippen LogP contribution in [0.2, 0.25) is 5.15 Å². The smallest absolute Gasteiger partial charge is 0.276 e. The summed E-state index contributed by atoms with van der Waals surface area (Å²) < 4.78 is 1.84. The minimum Gasteiger partial charge on any atom is -0.393 e. The Labute approximate surface area is 187 Å². The van der Waals surface area contributed by atoms with Gasteiger partial charge < -0.3 is 14.9 Å². The number of hydrogen-bond donors (Lipinski definition) is 1. The van der Waals surface area contributed by atoms with Gasteiger partial charge in [0.2, 0.25) is 5.91 Å². The number of fused-ring (bicyclic) bond motifs is 1. The average molecular weight is 445 g/mol. The van der Waals surface area contributed by atoms with E-state index >= 15 is 0 Å². The van der Waals surface area contributed by atoms with Crippen molar-refractivity contribution in [3.63, 3.8) is 0 Å². The van der Waals surface area contributed by atoms with Gasteiger partial charge in [0.15, 0.2) is 5.69 Å². The lowest BCUT2D eigenvalue weighted by molar-refractivity contribution is -0.138. The SMILES string of the molecule is CCc1cc(C2CC2)cn2c(Cl)c(C(=O)N3CCN(C4CCC(O)CC4)C(=O)C3)nc12. The van der Waals surface area contributed by atoms with E-state index in [9.17, 15) is 14.7 Å². The number of hydrogen-bond acceptors (Lipinski definition) is 4. The van der Waals surface area contributed by atoms with Crippen molar-refractivity contribution in [1.82, 2.24) is 19.2 Å². The summed E-state index contributed by atoms with van der Waals surface area (Å²) in [5.74, 6) is 0.265. The average Bonchev–Trinajstić information content (AvgIpc) is 3.57. The summed E-state index contributed by atoms with van der Waals surface area (Å²) in [6.45, 7) is 3.12. The summed E-state index contributed by atoms with van der Waals surface area (Å²) in [6.07, 6.45) is 8.08.